The largest absolute Gasteiger partial charge is 0.439 e. The van der Waals surface area contributed by atoms with E-state index in [1.54, 1.807) is 0 Å². The van der Waals surface area contributed by atoms with Crippen LogP contribution in [-0.2, 0) is 13.0 Å². The van der Waals surface area contributed by atoms with E-state index < -0.39 is 6.10 Å². The minimum absolute atomic E-state index is 0.445. The molecule has 4 aromatic rings. The molecular weight excluding hydrogens is 458 g/mol. The van der Waals surface area contributed by atoms with Crippen molar-refractivity contribution in [2.75, 3.05) is 6.54 Å². The second kappa shape index (κ2) is 10.6. The number of para-hydroxylation sites is 1. The van der Waals surface area contributed by atoms with Gasteiger partial charge >= 0.3 is 0 Å². The number of aryl methyl sites for hydroxylation is 1. The van der Waals surface area contributed by atoms with Crippen LogP contribution >= 0.6 is 11.6 Å². The molecule has 0 aliphatic heterocycles. The Morgan fingerprint density at radius 2 is 1.74 bits per heavy atom. The number of benzene rings is 3. The van der Waals surface area contributed by atoms with E-state index in [0.29, 0.717) is 36.5 Å². The third kappa shape index (κ3) is 5.93. The van der Waals surface area contributed by atoms with Crippen molar-refractivity contribution in [2.45, 2.75) is 44.9 Å². The predicted molar refractivity (Wildman–Crippen MR) is 139 cm³/mol. The lowest BCUT2D eigenvalue weighted by atomic mass is 10.1. The number of aliphatic hydroxyl groups excluding tert-OH is 1. The summed E-state index contributed by atoms with van der Waals surface area (Å²) in [5.41, 5.74) is 3.92. The number of aliphatic hydroxyl groups is 1. The normalized spacial score (nSPS) is 14.3. The Morgan fingerprint density at radius 3 is 2.43 bits per heavy atom. The molecule has 1 aliphatic rings. The highest BCUT2D eigenvalue weighted by molar-refractivity contribution is 6.30. The van der Waals surface area contributed by atoms with Crippen LogP contribution in [0.2, 0.25) is 5.02 Å². The molecule has 0 bridgehead atoms. The number of halogens is 1. The van der Waals surface area contributed by atoms with Crippen LogP contribution < -0.4 is 4.74 Å². The molecule has 0 saturated heterocycles. The summed E-state index contributed by atoms with van der Waals surface area (Å²) in [6.45, 7) is 3.27. The highest BCUT2D eigenvalue weighted by Gasteiger charge is 2.32. The Morgan fingerprint density at radius 1 is 1.03 bits per heavy atom. The van der Waals surface area contributed by atoms with Crippen molar-refractivity contribution in [1.29, 1.82) is 0 Å². The van der Waals surface area contributed by atoms with E-state index in [4.69, 9.17) is 21.4 Å². The van der Waals surface area contributed by atoms with E-state index in [1.165, 1.54) is 0 Å². The topological polar surface area (TPSA) is 50.5 Å². The molecule has 0 spiro atoms. The summed E-state index contributed by atoms with van der Waals surface area (Å²) >= 11 is 6.29. The van der Waals surface area contributed by atoms with Gasteiger partial charge in [-0.1, -0.05) is 66.2 Å². The molecule has 3 aromatic carbocycles. The number of aromatic nitrogens is 2. The molecule has 5 nitrogen and oxygen atoms in total. The predicted octanol–water partition coefficient (Wildman–Crippen LogP) is 6.19. The molecule has 1 heterocycles. The maximum atomic E-state index is 10.9. The fraction of sp³-hybridized carbons (Fsp3) is 0.276. The van der Waals surface area contributed by atoms with E-state index in [-0.39, 0.29) is 0 Å². The summed E-state index contributed by atoms with van der Waals surface area (Å²) in [6.07, 6.45) is 2.49. The molecule has 0 amide bonds. The second-order valence-electron chi connectivity index (χ2n) is 9.18. The highest BCUT2D eigenvalue weighted by Crippen LogP contribution is 2.35. The summed E-state index contributed by atoms with van der Waals surface area (Å²) in [4.78, 5) is 2.37. The fourth-order valence-corrected chi connectivity index (χ4v) is 4.60. The molecular formula is C29H30ClN3O2. The number of rotatable bonds is 10. The molecule has 1 N–H and O–H groups in total. The van der Waals surface area contributed by atoms with Gasteiger partial charge in [-0.3, -0.25) is 4.90 Å². The van der Waals surface area contributed by atoms with Gasteiger partial charge in [0.1, 0.15) is 5.75 Å². The molecule has 1 saturated carbocycles. The van der Waals surface area contributed by atoms with Crippen molar-refractivity contribution in [1.82, 2.24) is 14.7 Å². The van der Waals surface area contributed by atoms with Crippen molar-refractivity contribution < 1.29 is 9.84 Å². The van der Waals surface area contributed by atoms with Crippen LogP contribution in [0.5, 0.6) is 11.6 Å². The monoisotopic (exact) mass is 487 g/mol. The van der Waals surface area contributed by atoms with Crippen LogP contribution in [0.1, 0.15) is 29.7 Å². The molecule has 6 heteroatoms. The van der Waals surface area contributed by atoms with E-state index in [2.05, 4.69) is 17.0 Å². The first-order chi connectivity index (χ1) is 17.1. The lowest BCUT2D eigenvalue weighted by molar-refractivity contribution is 0.103. The van der Waals surface area contributed by atoms with Crippen molar-refractivity contribution in [3.63, 3.8) is 0 Å². The van der Waals surface area contributed by atoms with Crippen LogP contribution in [0.15, 0.2) is 84.9 Å². The van der Waals surface area contributed by atoms with Crippen LogP contribution in [0.3, 0.4) is 0 Å². The van der Waals surface area contributed by atoms with Gasteiger partial charge in [0.15, 0.2) is 0 Å². The number of hydrogen-bond donors (Lipinski definition) is 1. The third-order valence-electron chi connectivity index (χ3n) is 6.33. The van der Waals surface area contributed by atoms with Crippen LogP contribution in [-0.4, -0.2) is 38.5 Å². The fourth-order valence-electron chi connectivity index (χ4n) is 4.42. The Labute approximate surface area is 211 Å². The first-order valence-corrected chi connectivity index (χ1v) is 12.5. The van der Waals surface area contributed by atoms with Crippen LogP contribution in [0.4, 0.5) is 0 Å². The van der Waals surface area contributed by atoms with E-state index >= 15 is 0 Å². The number of ether oxygens (including phenoxy) is 1. The van der Waals surface area contributed by atoms with E-state index in [0.717, 1.165) is 41.1 Å². The smallest absolute Gasteiger partial charge is 0.227 e. The summed E-state index contributed by atoms with van der Waals surface area (Å²) < 4.78 is 8.25. The third-order valence-corrected chi connectivity index (χ3v) is 6.57. The van der Waals surface area contributed by atoms with Gasteiger partial charge in [0.2, 0.25) is 5.88 Å². The molecule has 1 aliphatic carbocycles. The molecule has 1 aromatic heterocycles. The van der Waals surface area contributed by atoms with E-state index in [1.807, 2.05) is 84.4 Å². The minimum Gasteiger partial charge on any atom is -0.439 e. The van der Waals surface area contributed by atoms with Gasteiger partial charge in [0.05, 0.1) is 23.0 Å². The zero-order valence-electron chi connectivity index (χ0n) is 19.8. The Balaban J connectivity index is 1.44. The van der Waals surface area contributed by atoms with Gasteiger partial charge in [-0.15, -0.1) is 0 Å². The molecule has 35 heavy (non-hydrogen) atoms. The first kappa shape index (κ1) is 23.6. The summed E-state index contributed by atoms with van der Waals surface area (Å²) in [7, 11) is 0. The van der Waals surface area contributed by atoms with Gasteiger partial charge in [-0.05, 0) is 62.1 Å². The SMILES string of the molecule is Cc1nn(-c2cccc(Cl)c2)c(Oc2ccccc2)c1CN(C[C@@H](O)Cc1ccccc1)C1CC1. The summed E-state index contributed by atoms with van der Waals surface area (Å²) in [6, 6.07) is 28.0. The minimum atomic E-state index is -0.445. The lowest BCUT2D eigenvalue weighted by Crippen LogP contribution is -2.35. The first-order valence-electron chi connectivity index (χ1n) is 12.1. The van der Waals surface area contributed by atoms with Gasteiger partial charge in [-0.2, -0.15) is 5.10 Å². The molecule has 1 atom stereocenters. The maximum absolute atomic E-state index is 10.9. The summed E-state index contributed by atoms with van der Waals surface area (Å²) in [5, 5.41) is 16.4. The molecule has 1 fully saturated rings. The molecule has 0 radical (unpaired) electrons. The average Bonchev–Trinajstić information content (AvgIpc) is 3.66. The van der Waals surface area contributed by atoms with E-state index in [9.17, 15) is 5.11 Å². The Hall–Kier alpha value is -3.12. The van der Waals surface area contributed by atoms with Crippen molar-refractivity contribution in [3.05, 3.63) is 107 Å². The molecule has 180 valence electrons. The molecule has 0 unspecified atom stereocenters. The zero-order chi connectivity index (χ0) is 24.2. The zero-order valence-corrected chi connectivity index (χ0v) is 20.6. The maximum Gasteiger partial charge on any atom is 0.227 e. The Kier molecular flexibility index (Phi) is 7.19. The number of nitrogens with zero attached hydrogens (tertiary/aromatic N) is 3. The van der Waals surface area contributed by atoms with Crippen molar-refractivity contribution in [3.8, 4) is 17.3 Å². The molecule has 5 rings (SSSR count). The summed E-state index contributed by atoms with van der Waals surface area (Å²) in [5.74, 6) is 1.43. The standard InChI is InChI=1S/C29H30ClN3O2/c1-21-28(20-32(24-15-16-24)19-26(34)17-22-9-4-2-5-10-22)29(35-27-13-6-3-7-14-27)33(31-21)25-12-8-11-23(30)18-25/h2-14,18,24,26,34H,15-17,19-20H2,1H3/t26-/m0/s1. The number of hydrogen-bond acceptors (Lipinski definition) is 4. The van der Waals surface area contributed by atoms with Gasteiger partial charge in [0.25, 0.3) is 0 Å². The van der Waals surface area contributed by atoms with Crippen molar-refractivity contribution in [2.24, 2.45) is 0 Å². The van der Waals surface area contributed by atoms with Crippen LogP contribution in [0.25, 0.3) is 5.69 Å². The van der Waals surface area contributed by atoms with Crippen molar-refractivity contribution >= 4 is 11.6 Å². The van der Waals surface area contributed by atoms with Gasteiger partial charge < -0.3 is 9.84 Å². The van der Waals surface area contributed by atoms with Gasteiger partial charge in [0, 0.05) is 24.2 Å². The highest BCUT2D eigenvalue weighted by atomic mass is 35.5. The second-order valence-corrected chi connectivity index (χ2v) is 9.62. The lowest BCUT2D eigenvalue weighted by Gasteiger charge is -2.25. The Bertz CT molecular complexity index is 1260. The average molecular weight is 488 g/mol. The van der Waals surface area contributed by atoms with Crippen LogP contribution in [0, 0.1) is 6.92 Å². The quantitative estimate of drug-likeness (QED) is 0.289. The van der Waals surface area contributed by atoms with Gasteiger partial charge in [-0.25, -0.2) is 4.68 Å².